The number of thiocarbonyl (C=S) groups is 1. The van der Waals surface area contributed by atoms with Gasteiger partial charge in [-0.3, -0.25) is 9.69 Å². The Kier molecular flexibility index (Phi) is 6.36. The number of likely N-dealkylation sites (N-methyl/N-ethyl adjacent to an activating group) is 1. The summed E-state index contributed by atoms with van der Waals surface area (Å²) in [5.74, 6) is 2.05. The van der Waals surface area contributed by atoms with Gasteiger partial charge in [0.2, 0.25) is 0 Å². The molecule has 1 aliphatic rings. The Morgan fingerprint density at radius 3 is 2.56 bits per heavy atom. The summed E-state index contributed by atoms with van der Waals surface area (Å²) in [6, 6.07) is 15.0. The van der Waals surface area contributed by atoms with Gasteiger partial charge in [0.05, 0.1) is 12.0 Å². The maximum Gasteiger partial charge on any atom is 0.265 e. The highest BCUT2D eigenvalue weighted by Gasteiger charge is 2.28. The first-order valence-electron chi connectivity index (χ1n) is 8.28. The van der Waals surface area contributed by atoms with Crippen LogP contribution in [0.5, 0.6) is 17.2 Å². The number of methoxy groups -OCH3 is 1. The molecule has 27 heavy (non-hydrogen) atoms. The highest BCUT2D eigenvalue weighted by atomic mass is 32.2. The number of hydrogen-bond acceptors (Lipinski definition) is 6. The van der Waals surface area contributed by atoms with E-state index < -0.39 is 0 Å². The molecule has 0 saturated carbocycles. The molecule has 140 valence electrons. The molecule has 1 aliphatic heterocycles. The minimum Gasteiger partial charge on any atom is -0.497 e. The molecule has 1 amide bonds. The number of ether oxygens (including phenoxy) is 3. The van der Waals surface area contributed by atoms with Crippen LogP contribution in [0, 0.1) is 0 Å². The largest absolute Gasteiger partial charge is 0.497 e. The van der Waals surface area contributed by atoms with Crippen molar-refractivity contribution < 1.29 is 19.0 Å². The zero-order valence-corrected chi connectivity index (χ0v) is 16.6. The molecule has 0 atom stereocenters. The summed E-state index contributed by atoms with van der Waals surface area (Å²) in [5.41, 5.74) is 0.827. The predicted octanol–water partition coefficient (Wildman–Crippen LogP) is 3.98. The van der Waals surface area contributed by atoms with Gasteiger partial charge in [-0.05, 0) is 24.3 Å². The van der Waals surface area contributed by atoms with E-state index in [1.165, 1.54) is 16.7 Å². The number of carbonyl (C=O) groups is 1. The maximum atomic E-state index is 12.2. The number of benzene rings is 2. The Morgan fingerprint density at radius 2 is 1.81 bits per heavy atom. The molecule has 7 heteroatoms. The molecule has 0 aliphatic carbocycles. The summed E-state index contributed by atoms with van der Waals surface area (Å²) in [6.07, 6.45) is 1.81. The average Bonchev–Trinajstić information content (AvgIpc) is 2.93. The van der Waals surface area contributed by atoms with Gasteiger partial charge >= 0.3 is 0 Å². The van der Waals surface area contributed by atoms with Gasteiger partial charge in [0.15, 0.2) is 0 Å². The standard InChI is InChI=1S/C20H19NO4S2/c1-21-19(22)18(27-20(21)26)12-14-6-3-4-9-17(14)25-11-10-24-16-8-5-7-15(13-16)23-2/h3-9,12-13H,10-11H2,1-2H3. The SMILES string of the molecule is COc1cccc(OCCOc2ccccc2C=C2SC(=S)N(C)C2=O)c1. The molecule has 3 rings (SSSR count). The molecule has 0 radical (unpaired) electrons. The number of para-hydroxylation sites is 1. The van der Waals surface area contributed by atoms with Crippen molar-refractivity contribution in [3.8, 4) is 17.2 Å². The van der Waals surface area contributed by atoms with Crippen molar-refractivity contribution >= 4 is 40.3 Å². The number of thioether (sulfide) groups is 1. The van der Waals surface area contributed by atoms with Crippen molar-refractivity contribution in [1.29, 1.82) is 0 Å². The lowest BCUT2D eigenvalue weighted by atomic mass is 10.2. The van der Waals surface area contributed by atoms with E-state index in [1.807, 2.05) is 48.5 Å². The topological polar surface area (TPSA) is 48.0 Å². The van der Waals surface area contributed by atoms with Crippen molar-refractivity contribution in [1.82, 2.24) is 4.90 Å². The van der Waals surface area contributed by atoms with Gasteiger partial charge in [-0.15, -0.1) is 0 Å². The summed E-state index contributed by atoms with van der Waals surface area (Å²) in [7, 11) is 3.29. The van der Waals surface area contributed by atoms with Crippen LogP contribution in [0.4, 0.5) is 0 Å². The molecule has 2 aromatic rings. The quantitative estimate of drug-likeness (QED) is 0.397. The maximum absolute atomic E-state index is 12.2. The van der Waals surface area contributed by atoms with Crippen LogP contribution in [-0.4, -0.2) is 42.5 Å². The summed E-state index contributed by atoms with van der Waals surface area (Å²) < 4.78 is 17.3. The van der Waals surface area contributed by atoms with Gasteiger partial charge in [0, 0.05) is 18.7 Å². The molecule has 2 aromatic carbocycles. The first-order valence-corrected chi connectivity index (χ1v) is 9.51. The fourth-order valence-corrected chi connectivity index (χ4v) is 3.59. The van der Waals surface area contributed by atoms with Crippen LogP contribution in [0.15, 0.2) is 53.4 Å². The highest BCUT2D eigenvalue weighted by Crippen LogP contribution is 2.33. The lowest BCUT2D eigenvalue weighted by molar-refractivity contribution is -0.121. The fraction of sp³-hybridized carbons (Fsp3) is 0.200. The predicted molar refractivity (Wildman–Crippen MR) is 111 cm³/mol. The van der Waals surface area contributed by atoms with Crippen molar-refractivity contribution in [2.45, 2.75) is 0 Å². The van der Waals surface area contributed by atoms with Gasteiger partial charge in [0.1, 0.15) is 34.8 Å². The van der Waals surface area contributed by atoms with E-state index in [9.17, 15) is 4.79 Å². The minimum atomic E-state index is -0.0961. The Morgan fingerprint density at radius 1 is 1.07 bits per heavy atom. The number of amides is 1. The van der Waals surface area contributed by atoms with Gasteiger partial charge < -0.3 is 14.2 Å². The molecule has 0 spiro atoms. The van der Waals surface area contributed by atoms with Crippen molar-refractivity contribution in [3.05, 3.63) is 59.0 Å². The molecule has 0 bridgehead atoms. The highest BCUT2D eigenvalue weighted by molar-refractivity contribution is 8.26. The number of hydrogen-bond donors (Lipinski definition) is 0. The smallest absolute Gasteiger partial charge is 0.265 e. The molecule has 1 fully saturated rings. The van der Waals surface area contributed by atoms with Crippen LogP contribution in [0.25, 0.3) is 6.08 Å². The van der Waals surface area contributed by atoms with E-state index in [1.54, 1.807) is 20.2 Å². The Labute approximate surface area is 167 Å². The van der Waals surface area contributed by atoms with Crippen LogP contribution in [0.2, 0.25) is 0 Å². The van der Waals surface area contributed by atoms with E-state index in [4.69, 9.17) is 26.4 Å². The summed E-state index contributed by atoms with van der Waals surface area (Å²) >= 11 is 6.46. The first-order chi connectivity index (χ1) is 13.1. The third-order valence-electron chi connectivity index (χ3n) is 3.84. The van der Waals surface area contributed by atoms with Crippen molar-refractivity contribution in [2.75, 3.05) is 27.4 Å². The normalized spacial score (nSPS) is 15.3. The Balaban J connectivity index is 1.61. The van der Waals surface area contributed by atoms with E-state index in [0.29, 0.717) is 28.2 Å². The van der Waals surface area contributed by atoms with E-state index in [2.05, 4.69) is 0 Å². The fourth-order valence-electron chi connectivity index (χ4n) is 2.42. The van der Waals surface area contributed by atoms with Crippen LogP contribution in [-0.2, 0) is 4.79 Å². The van der Waals surface area contributed by atoms with Gasteiger partial charge in [-0.2, -0.15) is 0 Å². The summed E-state index contributed by atoms with van der Waals surface area (Å²) in [4.78, 5) is 14.2. The van der Waals surface area contributed by atoms with Crippen LogP contribution >= 0.6 is 24.0 Å². The average molecular weight is 402 g/mol. The summed E-state index contributed by atoms with van der Waals surface area (Å²) in [5, 5.41) is 0. The lowest BCUT2D eigenvalue weighted by Gasteiger charge is -2.11. The zero-order chi connectivity index (χ0) is 19.2. The van der Waals surface area contributed by atoms with Crippen LogP contribution < -0.4 is 14.2 Å². The number of carbonyl (C=O) groups excluding carboxylic acids is 1. The molecule has 1 heterocycles. The Hall–Kier alpha value is -2.51. The third kappa shape index (κ3) is 4.81. The Bertz CT molecular complexity index is 882. The third-order valence-corrected chi connectivity index (χ3v) is 5.33. The zero-order valence-electron chi connectivity index (χ0n) is 15.0. The second kappa shape index (κ2) is 8.92. The van der Waals surface area contributed by atoms with Crippen LogP contribution in [0.3, 0.4) is 0 Å². The first kappa shape index (κ1) is 19.3. The second-order valence-electron chi connectivity index (χ2n) is 5.65. The molecule has 1 saturated heterocycles. The van der Waals surface area contributed by atoms with E-state index in [-0.39, 0.29) is 5.91 Å². The van der Waals surface area contributed by atoms with E-state index in [0.717, 1.165) is 17.1 Å². The molecule has 0 N–H and O–H groups in total. The summed E-state index contributed by atoms with van der Waals surface area (Å²) in [6.45, 7) is 0.759. The van der Waals surface area contributed by atoms with Crippen molar-refractivity contribution in [3.63, 3.8) is 0 Å². The monoisotopic (exact) mass is 401 g/mol. The number of rotatable bonds is 7. The van der Waals surface area contributed by atoms with Crippen molar-refractivity contribution in [2.24, 2.45) is 0 Å². The molecular formula is C20H19NO4S2. The molecular weight excluding hydrogens is 382 g/mol. The van der Waals surface area contributed by atoms with Gasteiger partial charge in [-0.1, -0.05) is 48.2 Å². The minimum absolute atomic E-state index is 0.0961. The lowest BCUT2D eigenvalue weighted by Crippen LogP contribution is -2.22. The van der Waals surface area contributed by atoms with Gasteiger partial charge in [0.25, 0.3) is 5.91 Å². The molecule has 0 aromatic heterocycles. The molecule has 0 unspecified atom stereocenters. The van der Waals surface area contributed by atoms with Crippen LogP contribution in [0.1, 0.15) is 5.56 Å². The van der Waals surface area contributed by atoms with Gasteiger partial charge in [-0.25, -0.2) is 0 Å². The molecule has 5 nitrogen and oxygen atoms in total. The second-order valence-corrected chi connectivity index (χ2v) is 7.33. The number of nitrogens with zero attached hydrogens (tertiary/aromatic N) is 1. The van der Waals surface area contributed by atoms with E-state index >= 15 is 0 Å².